The molecule has 0 unspecified atom stereocenters. The molecule has 0 N–H and O–H groups in total. The molecule has 28 heavy (non-hydrogen) atoms. The first-order chi connectivity index (χ1) is 13.5. The quantitative estimate of drug-likeness (QED) is 0.271. The topological polar surface area (TPSA) is 57.1 Å². The molecule has 2 aromatic carbocycles. The number of unbranched alkanes of at least 4 members (excludes halogenated alkanes) is 1. The Bertz CT molecular complexity index is 953. The molecule has 0 saturated carbocycles. The van der Waals surface area contributed by atoms with Crippen molar-refractivity contribution >= 4 is 49.8 Å². The van der Waals surface area contributed by atoms with Crippen LogP contribution in [0.1, 0.15) is 30.9 Å². The van der Waals surface area contributed by atoms with Crippen molar-refractivity contribution in [2.45, 2.75) is 19.8 Å². The van der Waals surface area contributed by atoms with Crippen molar-refractivity contribution in [3.63, 3.8) is 0 Å². The van der Waals surface area contributed by atoms with Crippen LogP contribution >= 0.6 is 31.9 Å². The Labute approximate surface area is 180 Å². The Kier molecular flexibility index (Phi) is 6.91. The zero-order chi connectivity index (χ0) is 20.1. The molecule has 0 atom stereocenters. The second kappa shape index (κ2) is 9.39. The van der Waals surface area contributed by atoms with Crippen LogP contribution in [0.25, 0.3) is 6.08 Å². The lowest BCUT2D eigenvalue weighted by atomic mass is 10.1. The van der Waals surface area contributed by atoms with Gasteiger partial charge in [-0.25, -0.2) is 9.79 Å². The highest BCUT2D eigenvalue weighted by Gasteiger charge is 2.25. The number of aliphatic imine (C=N–C) groups is 1. The van der Waals surface area contributed by atoms with E-state index >= 15 is 0 Å². The van der Waals surface area contributed by atoms with Gasteiger partial charge in [0.1, 0.15) is 0 Å². The molecule has 0 amide bonds. The van der Waals surface area contributed by atoms with Crippen molar-refractivity contribution in [1.82, 2.24) is 0 Å². The predicted molar refractivity (Wildman–Crippen MR) is 116 cm³/mol. The standard InChI is InChI=1S/C21H19Br2NO4/c1-3-4-9-27-19-16(23)10-13(12-18(19)26-2)11-17-21(25)28-20(24-17)14-7-5-6-8-15(14)22/h5-8,10-12H,3-4,9H2,1-2H3/b17-11-. The van der Waals surface area contributed by atoms with Crippen LogP contribution in [-0.4, -0.2) is 25.6 Å². The summed E-state index contributed by atoms with van der Waals surface area (Å²) < 4.78 is 18.2. The third kappa shape index (κ3) is 4.64. The van der Waals surface area contributed by atoms with Gasteiger partial charge in [0, 0.05) is 4.47 Å². The summed E-state index contributed by atoms with van der Waals surface area (Å²) in [6.07, 6.45) is 3.67. The molecule has 0 saturated heterocycles. The Hall–Kier alpha value is -2.12. The zero-order valence-corrected chi connectivity index (χ0v) is 18.7. The number of carbonyl (C=O) groups is 1. The third-order valence-electron chi connectivity index (χ3n) is 4.02. The van der Waals surface area contributed by atoms with E-state index < -0.39 is 5.97 Å². The van der Waals surface area contributed by atoms with Gasteiger partial charge in [0.2, 0.25) is 5.90 Å². The minimum atomic E-state index is -0.496. The van der Waals surface area contributed by atoms with Gasteiger partial charge in [-0.2, -0.15) is 0 Å². The summed E-state index contributed by atoms with van der Waals surface area (Å²) in [6.45, 7) is 2.71. The van der Waals surface area contributed by atoms with Crippen LogP contribution in [0.4, 0.5) is 0 Å². The summed E-state index contributed by atoms with van der Waals surface area (Å²) >= 11 is 6.97. The largest absolute Gasteiger partial charge is 0.493 e. The van der Waals surface area contributed by atoms with Gasteiger partial charge < -0.3 is 14.2 Å². The Balaban J connectivity index is 1.91. The number of nitrogens with zero attached hydrogens (tertiary/aromatic N) is 1. The van der Waals surface area contributed by atoms with E-state index in [1.807, 2.05) is 30.3 Å². The van der Waals surface area contributed by atoms with Gasteiger partial charge >= 0.3 is 5.97 Å². The van der Waals surface area contributed by atoms with E-state index in [4.69, 9.17) is 14.2 Å². The van der Waals surface area contributed by atoms with Crippen LogP contribution in [0.2, 0.25) is 0 Å². The highest BCUT2D eigenvalue weighted by atomic mass is 79.9. The monoisotopic (exact) mass is 507 g/mol. The molecular weight excluding hydrogens is 490 g/mol. The molecule has 146 valence electrons. The van der Waals surface area contributed by atoms with Crippen LogP contribution in [0.15, 0.2) is 56.0 Å². The number of methoxy groups -OCH3 is 1. The average Bonchev–Trinajstić information content (AvgIpc) is 3.03. The number of esters is 1. The molecule has 0 fully saturated rings. The maximum absolute atomic E-state index is 12.3. The number of ether oxygens (including phenoxy) is 3. The Morgan fingerprint density at radius 2 is 1.96 bits per heavy atom. The minimum absolute atomic E-state index is 0.222. The van der Waals surface area contributed by atoms with E-state index in [1.54, 1.807) is 19.3 Å². The smallest absolute Gasteiger partial charge is 0.363 e. The maximum atomic E-state index is 12.3. The second-order valence-electron chi connectivity index (χ2n) is 6.05. The summed E-state index contributed by atoms with van der Waals surface area (Å²) in [5.41, 5.74) is 1.69. The SMILES string of the molecule is CCCCOc1c(Br)cc(/C=C2\N=C(c3ccccc3Br)OC2=O)cc1OC. The number of halogens is 2. The summed E-state index contributed by atoms with van der Waals surface area (Å²) in [5, 5.41) is 0. The normalized spacial score (nSPS) is 14.8. The molecule has 3 rings (SSSR count). The van der Waals surface area contributed by atoms with Crippen LogP contribution in [0, 0.1) is 0 Å². The van der Waals surface area contributed by atoms with Gasteiger partial charge in [0.15, 0.2) is 17.2 Å². The summed E-state index contributed by atoms with van der Waals surface area (Å²) in [6, 6.07) is 11.1. The number of benzene rings is 2. The van der Waals surface area contributed by atoms with Crippen molar-refractivity contribution in [2.24, 2.45) is 4.99 Å². The number of carbonyl (C=O) groups excluding carboxylic acids is 1. The molecule has 0 radical (unpaired) electrons. The molecule has 0 aliphatic carbocycles. The van der Waals surface area contributed by atoms with Crippen LogP contribution < -0.4 is 9.47 Å². The molecule has 1 heterocycles. The second-order valence-corrected chi connectivity index (χ2v) is 7.76. The average molecular weight is 509 g/mol. The van der Waals surface area contributed by atoms with E-state index in [2.05, 4.69) is 43.8 Å². The molecule has 7 heteroatoms. The number of cyclic esters (lactones) is 1. The highest BCUT2D eigenvalue weighted by molar-refractivity contribution is 9.10. The van der Waals surface area contributed by atoms with E-state index in [1.165, 1.54) is 0 Å². The molecule has 5 nitrogen and oxygen atoms in total. The fraction of sp³-hybridized carbons (Fsp3) is 0.238. The summed E-state index contributed by atoms with van der Waals surface area (Å²) in [7, 11) is 1.58. The molecule has 0 aromatic heterocycles. The van der Waals surface area contributed by atoms with Gasteiger partial charge in [0.25, 0.3) is 0 Å². The minimum Gasteiger partial charge on any atom is -0.493 e. The lowest BCUT2D eigenvalue weighted by Crippen LogP contribution is -2.05. The Morgan fingerprint density at radius 3 is 2.68 bits per heavy atom. The van der Waals surface area contributed by atoms with Crippen molar-refractivity contribution in [1.29, 1.82) is 0 Å². The summed E-state index contributed by atoms with van der Waals surface area (Å²) in [4.78, 5) is 16.6. The predicted octanol–water partition coefficient (Wildman–Crippen LogP) is 5.74. The fourth-order valence-corrected chi connectivity index (χ4v) is 3.63. The highest BCUT2D eigenvalue weighted by Crippen LogP contribution is 2.37. The molecule has 0 bridgehead atoms. The van der Waals surface area contributed by atoms with Crippen molar-refractivity contribution in [3.8, 4) is 11.5 Å². The van der Waals surface area contributed by atoms with Gasteiger partial charge in [0.05, 0.1) is 23.8 Å². The summed E-state index contributed by atoms with van der Waals surface area (Å²) in [5.74, 6) is 1.00. The van der Waals surface area contributed by atoms with Crippen molar-refractivity contribution in [3.05, 3.63) is 62.2 Å². The van der Waals surface area contributed by atoms with E-state index in [0.717, 1.165) is 32.9 Å². The lowest BCUT2D eigenvalue weighted by Gasteiger charge is -2.13. The van der Waals surface area contributed by atoms with E-state index in [-0.39, 0.29) is 11.6 Å². The third-order valence-corrected chi connectivity index (χ3v) is 5.30. The first-order valence-electron chi connectivity index (χ1n) is 8.81. The number of hydrogen-bond donors (Lipinski definition) is 0. The molecule has 0 spiro atoms. The molecular formula is C21H19Br2NO4. The molecule has 2 aromatic rings. The van der Waals surface area contributed by atoms with Gasteiger partial charge in [-0.05, 0) is 74.2 Å². The van der Waals surface area contributed by atoms with Gasteiger partial charge in [-0.15, -0.1) is 0 Å². The van der Waals surface area contributed by atoms with Crippen LogP contribution in [0.3, 0.4) is 0 Å². The van der Waals surface area contributed by atoms with Crippen molar-refractivity contribution in [2.75, 3.05) is 13.7 Å². The number of rotatable bonds is 7. The molecule has 1 aliphatic heterocycles. The van der Waals surface area contributed by atoms with E-state index in [9.17, 15) is 4.79 Å². The fourth-order valence-electron chi connectivity index (χ4n) is 2.60. The maximum Gasteiger partial charge on any atom is 0.363 e. The van der Waals surface area contributed by atoms with Crippen molar-refractivity contribution < 1.29 is 19.0 Å². The van der Waals surface area contributed by atoms with Gasteiger partial charge in [-0.3, -0.25) is 0 Å². The Morgan fingerprint density at radius 1 is 1.18 bits per heavy atom. The van der Waals surface area contributed by atoms with Crippen LogP contribution in [0.5, 0.6) is 11.5 Å². The molecule has 1 aliphatic rings. The van der Waals surface area contributed by atoms with Crippen LogP contribution in [-0.2, 0) is 9.53 Å². The zero-order valence-electron chi connectivity index (χ0n) is 15.5. The lowest BCUT2D eigenvalue weighted by molar-refractivity contribution is -0.129. The number of hydrogen-bond acceptors (Lipinski definition) is 5. The van der Waals surface area contributed by atoms with Gasteiger partial charge in [-0.1, -0.05) is 25.5 Å². The van der Waals surface area contributed by atoms with E-state index in [0.29, 0.717) is 18.1 Å². The first kappa shape index (κ1) is 20.6. The first-order valence-corrected chi connectivity index (χ1v) is 10.4.